The first kappa shape index (κ1) is 14.5. The maximum absolute atomic E-state index is 4.32. The molecule has 0 bridgehead atoms. The average Bonchev–Trinajstić information content (AvgIpc) is 3.00. The summed E-state index contributed by atoms with van der Waals surface area (Å²) in [6.07, 6.45) is 3.18. The summed E-state index contributed by atoms with van der Waals surface area (Å²) in [5.41, 5.74) is 9.69. The number of imidazole rings is 1. The highest BCUT2D eigenvalue weighted by Gasteiger charge is 2.13. The van der Waals surface area contributed by atoms with Crippen LogP contribution in [-0.4, -0.2) is 19.9 Å². The largest absolute Gasteiger partial charge is 0.364 e. The second-order valence-corrected chi connectivity index (χ2v) is 5.78. The summed E-state index contributed by atoms with van der Waals surface area (Å²) in [6.45, 7) is 11.7. The first-order chi connectivity index (χ1) is 10.5. The molecule has 114 valence electrons. The van der Waals surface area contributed by atoms with Crippen LogP contribution in [0.2, 0.25) is 0 Å². The number of hydrogen-bond acceptors (Lipinski definition) is 4. The van der Waals surface area contributed by atoms with Crippen molar-refractivity contribution in [2.45, 2.75) is 41.2 Å². The van der Waals surface area contributed by atoms with Crippen molar-refractivity contribution in [2.75, 3.05) is 5.32 Å². The Morgan fingerprint density at radius 1 is 0.864 bits per heavy atom. The normalized spacial score (nSPS) is 11.1. The predicted octanol–water partition coefficient (Wildman–Crippen LogP) is 3.51. The molecule has 0 aliphatic heterocycles. The third-order valence-corrected chi connectivity index (χ3v) is 4.81. The SMILES string of the molecule is Cc1c(C)c(C)c(CNc2ncnc3nc[nH]c23)c(C)c1C. The molecule has 0 atom stereocenters. The minimum Gasteiger partial charge on any atom is -0.364 e. The van der Waals surface area contributed by atoms with E-state index in [0.717, 1.165) is 17.9 Å². The number of hydrogen-bond donors (Lipinski definition) is 2. The number of nitrogens with zero attached hydrogens (tertiary/aromatic N) is 3. The number of H-pyrrole nitrogens is 1. The summed E-state index contributed by atoms with van der Waals surface area (Å²) in [5, 5.41) is 3.42. The molecule has 0 spiro atoms. The maximum Gasteiger partial charge on any atom is 0.182 e. The molecule has 0 amide bonds. The van der Waals surface area contributed by atoms with Crippen LogP contribution in [0.3, 0.4) is 0 Å². The van der Waals surface area contributed by atoms with Crippen molar-refractivity contribution < 1.29 is 0 Å². The second kappa shape index (κ2) is 5.40. The van der Waals surface area contributed by atoms with E-state index in [2.05, 4.69) is 59.9 Å². The number of rotatable bonds is 3. The summed E-state index contributed by atoms with van der Waals surface area (Å²) in [6, 6.07) is 0. The van der Waals surface area contributed by atoms with E-state index in [1.807, 2.05) is 0 Å². The van der Waals surface area contributed by atoms with Crippen molar-refractivity contribution in [1.82, 2.24) is 19.9 Å². The third-order valence-electron chi connectivity index (χ3n) is 4.81. The highest BCUT2D eigenvalue weighted by molar-refractivity contribution is 5.81. The molecule has 5 nitrogen and oxygen atoms in total. The molecule has 0 fully saturated rings. The monoisotopic (exact) mass is 295 g/mol. The number of anilines is 1. The Morgan fingerprint density at radius 2 is 1.50 bits per heavy atom. The van der Waals surface area contributed by atoms with Crippen LogP contribution in [0.15, 0.2) is 12.7 Å². The summed E-state index contributed by atoms with van der Waals surface area (Å²) < 4.78 is 0. The van der Waals surface area contributed by atoms with Crippen LogP contribution < -0.4 is 5.32 Å². The van der Waals surface area contributed by atoms with Crippen molar-refractivity contribution >= 4 is 17.0 Å². The van der Waals surface area contributed by atoms with Crippen molar-refractivity contribution in [3.05, 3.63) is 46.0 Å². The first-order valence-electron chi connectivity index (χ1n) is 7.44. The molecule has 2 N–H and O–H groups in total. The lowest BCUT2D eigenvalue weighted by Gasteiger charge is -2.19. The number of fused-ring (bicyclic) bond motifs is 1. The van der Waals surface area contributed by atoms with Crippen LogP contribution in [0.5, 0.6) is 0 Å². The molecule has 0 saturated carbocycles. The Morgan fingerprint density at radius 3 is 2.18 bits per heavy atom. The zero-order valence-electron chi connectivity index (χ0n) is 13.7. The van der Waals surface area contributed by atoms with E-state index in [4.69, 9.17) is 0 Å². The van der Waals surface area contributed by atoms with Crippen LogP contribution in [0, 0.1) is 34.6 Å². The van der Waals surface area contributed by atoms with Gasteiger partial charge in [-0.3, -0.25) is 0 Å². The van der Waals surface area contributed by atoms with Crippen molar-refractivity contribution in [1.29, 1.82) is 0 Å². The minimum atomic E-state index is 0.683. The topological polar surface area (TPSA) is 66.5 Å². The van der Waals surface area contributed by atoms with E-state index in [0.29, 0.717) is 5.65 Å². The fourth-order valence-electron chi connectivity index (χ4n) is 2.91. The average molecular weight is 295 g/mol. The second-order valence-electron chi connectivity index (χ2n) is 5.78. The Labute approximate surface area is 130 Å². The summed E-state index contributed by atoms with van der Waals surface area (Å²) in [5.74, 6) is 0.789. The zero-order chi connectivity index (χ0) is 15.9. The molecule has 3 aromatic rings. The van der Waals surface area contributed by atoms with Crippen LogP contribution in [0.1, 0.15) is 33.4 Å². The Balaban J connectivity index is 1.96. The smallest absolute Gasteiger partial charge is 0.182 e. The van der Waals surface area contributed by atoms with Crippen molar-refractivity contribution in [3.8, 4) is 0 Å². The molecule has 22 heavy (non-hydrogen) atoms. The standard InChI is InChI=1S/C17H21N5/c1-9-10(2)12(4)14(13(5)11(9)3)6-18-16-15-17(20-7-19-15)22-8-21-16/h7-8H,6H2,1-5H3,(H2,18,19,20,21,22). The number of benzene rings is 1. The quantitative estimate of drug-likeness (QED) is 0.776. The van der Waals surface area contributed by atoms with Crippen LogP contribution in [-0.2, 0) is 6.54 Å². The van der Waals surface area contributed by atoms with Gasteiger partial charge in [-0.25, -0.2) is 15.0 Å². The van der Waals surface area contributed by atoms with Gasteiger partial charge in [-0.1, -0.05) is 0 Å². The highest BCUT2D eigenvalue weighted by atomic mass is 15.1. The van der Waals surface area contributed by atoms with E-state index in [1.54, 1.807) is 6.33 Å². The Hall–Kier alpha value is -2.43. The maximum atomic E-state index is 4.32. The van der Waals surface area contributed by atoms with Gasteiger partial charge in [0.2, 0.25) is 0 Å². The number of aromatic amines is 1. The Kier molecular flexibility index (Phi) is 3.56. The van der Waals surface area contributed by atoms with E-state index in [9.17, 15) is 0 Å². The fraction of sp³-hybridized carbons (Fsp3) is 0.353. The molecule has 0 radical (unpaired) electrons. The molecule has 5 heteroatoms. The van der Waals surface area contributed by atoms with Gasteiger partial charge < -0.3 is 10.3 Å². The van der Waals surface area contributed by atoms with Gasteiger partial charge >= 0.3 is 0 Å². The third kappa shape index (κ3) is 2.22. The molecule has 2 aromatic heterocycles. The van der Waals surface area contributed by atoms with Crippen LogP contribution >= 0.6 is 0 Å². The van der Waals surface area contributed by atoms with Gasteiger partial charge in [0.1, 0.15) is 11.8 Å². The van der Waals surface area contributed by atoms with Gasteiger partial charge in [0.15, 0.2) is 11.5 Å². The Bertz CT molecular complexity index is 819. The van der Waals surface area contributed by atoms with Gasteiger partial charge in [-0.05, 0) is 68.0 Å². The zero-order valence-corrected chi connectivity index (χ0v) is 13.7. The molecule has 0 unspecified atom stereocenters. The summed E-state index contributed by atoms with van der Waals surface area (Å²) in [4.78, 5) is 15.7. The molecule has 2 heterocycles. The van der Waals surface area contributed by atoms with Crippen LogP contribution in [0.25, 0.3) is 11.2 Å². The van der Waals surface area contributed by atoms with Crippen molar-refractivity contribution in [3.63, 3.8) is 0 Å². The molecular weight excluding hydrogens is 274 g/mol. The van der Waals surface area contributed by atoms with Gasteiger partial charge in [-0.15, -0.1) is 0 Å². The molecule has 3 rings (SSSR count). The van der Waals surface area contributed by atoms with Gasteiger partial charge in [0.25, 0.3) is 0 Å². The molecule has 0 aliphatic carbocycles. The lowest BCUT2D eigenvalue weighted by molar-refractivity contribution is 1.03. The molecule has 0 aliphatic rings. The predicted molar refractivity (Wildman–Crippen MR) is 89.1 cm³/mol. The van der Waals surface area contributed by atoms with Gasteiger partial charge in [0, 0.05) is 6.54 Å². The molecule has 1 aromatic carbocycles. The van der Waals surface area contributed by atoms with Gasteiger partial charge in [0.05, 0.1) is 6.33 Å². The molecular formula is C17H21N5. The van der Waals surface area contributed by atoms with E-state index < -0.39 is 0 Å². The fourth-order valence-corrected chi connectivity index (χ4v) is 2.91. The number of nitrogens with one attached hydrogen (secondary N) is 2. The van der Waals surface area contributed by atoms with E-state index in [-0.39, 0.29) is 0 Å². The number of aromatic nitrogens is 4. The van der Waals surface area contributed by atoms with E-state index in [1.165, 1.54) is 39.7 Å². The lowest BCUT2D eigenvalue weighted by Crippen LogP contribution is -2.09. The summed E-state index contributed by atoms with van der Waals surface area (Å²) >= 11 is 0. The van der Waals surface area contributed by atoms with Crippen molar-refractivity contribution in [2.24, 2.45) is 0 Å². The van der Waals surface area contributed by atoms with E-state index >= 15 is 0 Å². The minimum absolute atomic E-state index is 0.683. The van der Waals surface area contributed by atoms with Crippen LogP contribution in [0.4, 0.5) is 5.82 Å². The first-order valence-corrected chi connectivity index (χ1v) is 7.44. The lowest BCUT2D eigenvalue weighted by atomic mass is 9.89. The molecule has 0 saturated heterocycles. The van der Waals surface area contributed by atoms with Gasteiger partial charge in [-0.2, -0.15) is 0 Å². The highest BCUT2D eigenvalue weighted by Crippen LogP contribution is 2.27. The summed E-state index contributed by atoms with van der Waals surface area (Å²) in [7, 11) is 0.